The second-order valence-corrected chi connectivity index (χ2v) is 3.48. The van der Waals surface area contributed by atoms with Crippen molar-refractivity contribution in [3.63, 3.8) is 0 Å². The van der Waals surface area contributed by atoms with Gasteiger partial charge in [-0.15, -0.1) is 0 Å². The molecule has 1 aromatic rings. The zero-order valence-corrected chi connectivity index (χ0v) is 9.91. The molecule has 86 valence electrons. The van der Waals surface area contributed by atoms with E-state index in [1.165, 1.54) is 0 Å². The summed E-state index contributed by atoms with van der Waals surface area (Å²) in [5, 5.41) is 12.1. The molecule has 1 rings (SSSR count). The van der Waals surface area contributed by atoms with Gasteiger partial charge in [-0.25, -0.2) is 0 Å². The van der Waals surface area contributed by atoms with Crippen molar-refractivity contribution in [3.8, 4) is 6.07 Å². The molecule has 0 saturated carbocycles. The number of aromatic nitrogens is 1. The topological polar surface area (TPSA) is 79.1 Å². The van der Waals surface area contributed by atoms with Gasteiger partial charge in [0, 0.05) is 26.7 Å². The van der Waals surface area contributed by atoms with E-state index in [1.54, 1.807) is 17.7 Å². The van der Waals surface area contributed by atoms with Crippen LogP contribution in [0, 0.1) is 11.3 Å². The van der Waals surface area contributed by atoms with Crippen molar-refractivity contribution in [2.75, 3.05) is 24.6 Å². The first-order valence-electron chi connectivity index (χ1n) is 5.23. The third-order valence-electron chi connectivity index (χ3n) is 2.36. The number of pyridine rings is 1. The number of nitriles is 1. The molecule has 0 atom stereocenters. The summed E-state index contributed by atoms with van der Waals surface area (Å²) in [5.74, 6) is 0.582. The third-order valence-corrected chi connectivity index (χ3v) is 2.36. The first kappa shape index (κ1) is 12.1. The lowest BCUT2D eigenvalue weighted by Gasteiger charge is -2.11. The average Bonchev–Trinajstić information content (AvgIpc) is 2.30. The lowest BCUT2D eigenvalue weighted by molar-refractivity contribution is 0.794. The van der Waals surface area contributed by atoms with Gasteiger partial charge in [0.2, 0.25) is 0 Å². The predicted octanol–water partition coefficient (Wildman–Crippen LogP) is 0.831. The molecule has 0 aliphatic carbocycles. The summed E-state index contributed by atoms with van der Waals surface area (Å²) >= 11 is 0. The van der Waals surface area contributed by atoms with Gasteiger partial charge < -0.3 is 15.6 Å². The molecule has 0 aliphatic heterocycles. The number of nitrogens with one attached hydrogen (secondary N) is 1. The quantitative estimate of drug-likeness (QED) is 0.790. The Morgan fingerprint density at radius 1 is 1.62 bits per heavy atom. The van der Waals surface area contributed by atoms with Crippen LogP contribution in [0.5, 0.6) is 0 Å². The molecule has 16 heavy (non-hydrogen) atoms. The van der Waals surface area contributed by atoms with Crippen molar-refractivity contribution in [2.24, 2.45) is 12.0 Å². The number of nitrogens with two attached hydrogens (primary N) is 1. The van der Waals surface area contributed by atoms with E-state index in [4.69, 9.17) is 11.0 Å². The van der Waals surface area contributed by atoms with Crippen LogP contribution < -0.4 is 16.5 Å². The molecule has 1 aromatic heterocycles. The minimum Gasteiger partial charge on any atom is -0.387 e. The van der Waals surface area contributed by atoms with Crippen molar-refractivity contribution in [1.82, 2.24) is 4.57 Å². The number of anilines is 2. The van der Waals surface area contributed by atoms with Gasteiger partial charge in [-0.2, -0.15) is 5.26 Å². The van der Waals surface area contributed by atoms with Crippen molar-refractivity contribution in [1.29, 1.82) is 5.26 Å². The van der Waals surface area contributed by atoms with Crippen LogP contribution in [0.25, 0.3) is 0 Å². The molecule has 5 nitrogen and oxygen atoms in total. The van der Waals surface area contributed by atoms with E-state index in [1.807, 2.05) is 14.0 Å². The highest BCUT2D eigenvalue weighted by Crippen LogP contribution is 2.13. The fourth-order valence-corrected chi connectivity index (χ4v) is 1.44. The molecule has 0 amide bonds. The fourth-order valence-electron chi connectivity index (χ4n) is 1.44. The number of nitrogen functional groups attached to an aromatic ring is 1. The second-order valence-electron chi connectivity index (χ2n) is 3.48. The van der Waals surface area contributed by atoms with Crippen LogP contribution in [0.2, 0.25) is 0 Å². The first-order chi connectivity index (χ1) is 7.65. The smallest absolute Gasteiger partial charge is 0.149 e. The van der Waals surface area contributed by atoms with E-state index in [0.717, 1.165) is 6.42 Å². The lowest BCUT2D eigenvalue weighted by atomic mass is 10.2. The summed E-state index contributed by atoms with van der Waals surface area (Å²) in [7, 11) is 3.57. The maximum Gasteiger partial charge on any atom is 0.149 e. The maximum atomic E-state index is 9.14. The predicted molar refractivity (Wildman–Crippen MR) is 64.8 cm³/mol. The molecule has 0 bridgehead atoms. The molecule has 0 fully saturated rings. The van der Waals surface area contributed by atoms with E-state index >= 15 is 0 Å². The van der Waals surface area contributed by atoms with E-state index < -0.39 is 0 Å². The summed E-state index contributed by atoms with van der Waals surface area (Å²) in [4.78, 5) is 4.38. The standard InChI is InChI=1S/C11H17N5/c1-4-5-15-11-8(7-12)9(14-2)6-10(13)16(11)3/h6,14H,4-5,13H2,1-3H3. The molecule has 0 aromatic carbocycles. The van der Waals surface area contributed by atoms with Gasteiger partial charge in [-0.05, 0) is 6.42 Å². The van der Waals surface area contributed by atoms with E-state index in [2.05, 4.69) is 16.4 Å². The Labute approximate surface area is 95.2 Å². The Bertz CT molecular complexity index is 478. The average molecular weight is 219 g/mol. The number of hydrogen-bond donors (Lipinski definition) is 2. The minimum absolute atomic E-state index is 0.535. The Kier molecular flexibility index (Phi) is 3.95. The van der Waals surface area contributed by atoms with E-state index in [9.17, 15) is 0 Å². The second kappa shape index (κ2) is 5.21. The highest BCUT2D eigenvalue weighted by molar-refractivity contribution is 5.60. The largest absolute Gasteiger partial charge is 0.387 e. The van der Waals surface area contributed by atoms with Crippen LogP contribution >= 0.6 is 0 Å². The SMILES string of the molecule is CCCN=c1c(C#N)c(NC)cc(N)n1C. The summed E-state index contributed by atoms with van der Waals surface area (Å²) in [6.07, 6.45) is 0.939. The van der Waals surface area contributed by atoms with Crippen LogP contribution in [0.3, 0.4) is 0 Å². The first-order valence-corrected chi connectivity index (χ1v) is 5.23. The molecule has 3 N–H and O–H groups in total. The summed E-state index contributed by atoms with van der Waals surface area (Å²) in [6, 6.07) is 3.90. The van der Waals surface area contributed by atoms with Crippen LogP contribution in [0.4, 0.5) is 11.5 Å². The highest BCUT2D eigenvalue weighted by Gasteiger charge is 2.07. The number of nitrogens with zero attached hydrogens (tertiary/aromatic N) is 3. The molecular weight excluding hydrogens is 202 g/mol. The molecule has 0 unspecified atom stereocenters. The van der Waals surface area contributed by atoms with Gasteiger partial charge in [0.1, 0.15) is 22.9 Å². The third kappa shape index (κ3) is 2.16. The summed E-state index contributed by atoms with van der Waals surface area (Å²) < 4.78 is 1.73. The molecule has 0 saturated heterocycles. The zero-order chi connectivity index (χ0) is 12.1. The number of rotatable bonds is 3. The van der Waals surface area contributed by atoms with E-state index in [0.29, 0.717) is 29.1 Å². The van der Waals surface area contributed by atoms with Gasteiger partial charge in [0.05, 0.1) is 5.69 Å². The van der Waals surface area contributed by atoms with Crippen molar-refractivity contribution in [2.45, 2.75) is 13.3 Å². The monoisotopic (exact) mass is 219 g/mol. The van der Waals surface area contributed by atoms with Crippen LogP contribution in [0.1, 0.15) is 18.9 Å². The Hall–Kier alpha value is -1.96. The Balaban J connectivity index is 3.55. The molecule has 5 heteroatoms. The Morgan fingerprint density at radius 2 is 2.31 bits per heavy atom. The summed E-state index contributed by atoms with van der Waals surface area (Å²) in [5.41, 5.74) is 7.73. The number of hydrogen-bond acceptors (Lipinski definition) is 4. The Morgan fingerprint density at radius 3 is 2.81 bits per heavy atom. The van der Waals surface area contributed by atoms with Gasteiger partial charge in [0.15, 0.2) is 0 Å². The summed E-state index contributed by atoms with van der Waals surface area (Å²) in [6.45, 7) is 2.73. The van der Waals surface area contributed by atoms with Crippen molar-refractivity contribution in [3.05, 3.63) is 17.1 Å². The van der Waals surface area contributed by atoms with Gasteiger partial charge in [0.25, 0.3) is 0 Å². The molecule has 0 aliphatic rings. The maximum absolute atomic E-state index is 9.14. The molecule has 1 heterocycles. The van der Waals surface area contributed by atoms with Gasteiger partial charge in [-0.3, -0.25) is 4.99 Å². The molecule has 0 radical (unpaired) electrons. The van der Waals surface area contributed by atoms with Gasteiger partial charge in [-0.1, -0.05) is 6.92 Å². The molecular formula is C11H17N5. The fraction of sp³-hybridized carbons (Fsp3) is 0.455. The zero-order valence-electron chi connectivity index (χ0n) is 9.91. The van der Waals surface area contributed by atoms with Crippen LogP contribution in [-0.4, -0.2) is 18.2 Å². The highest BCUT2D eigenvalue weighted by atomic mass is 15.1. The van der Waals surface area contributed by atoms with Crippen LogP contribution in [-0.2, 0) is 7.05 Å². The van der Waals surface area contributed by atoms with Crippen LogP contribution in [0.15, 0.2) is 11.1 Å². The van der Waals surface area contributed by atoms with Crippen molar-refractivity contribution < 1.29 is 0 Å². The van der Waals surface area contributed by atoms with Crippen molar-refractivity contribution >= 4 is 11.5 Å². The minimum atomic E-state index is 0.535. The lowest BCUT2D eigenvalue weighted by Crippen LogP contribution is -2.25. The van der Waals surface area contributed by atoms with Gasteiger partial charge >= 0.3 is 0 Å². The molecule has 0 spiro atoms. The normalized spacial score (nSPS) is 11.2. The van der Waals surface area contributed by atoms with E-state index in [-0.39, 0.29) is 0 Å².